The average molecular weight is 439 g/mol. The van der Waals surface area contributed by atoms with Crippen LogP contribution < -0.4 is 0 Å². The van der Waals surface area contributed by atoms with E-state index in [9.17, 15) is 17.6 Å². The standard InChI is InChI=1S/C25H17F4NS/c1-2-3-4-16-5-7-17(8-6-16)9-10-20-21(26)11-18(12-22(20)27)19-13-23(28)25(31-15-30)24(29)14-19/h5-8,11-14H,2-4H2,1H3. The van der Waals surface area contributed by atoms with E-state index in [1.807, 2.05) is 12.1 Å². The quantitative estimate of drug-likeness (QED) is 0.181. The summed E-state index contributed by atoms with van der Waals surface area (Å²) < 4.78 is 57.1. The minimum atomic E-state index is -0.978. The summed E-state index contributed by atoms with van der Waals surface area (Å²) in [5, 5.41) is 10.2. The Bertz CT molecular complexity index is 1150. The van der Waals surface area contributed by atoms with E-state index >= 15 is 0 Å². The highest BCUT2D eigenvalue weighted by Gasteiger charge is 2.16. The molecule has 156 valence electrons. The molecule has 31 heavy (non-hydrogen) atoms. The lowest BCUT2D eigenvalue weighted by atomic mass is 10.0. The van der Waals surface area contributed by atoms with Crippen LogP contribution in [0.15, 0.2) is 53.4 Å². The highest BCUT2D eigenvalue weighted by molar-refractivity contribution is 8.03. The zero-order valence-electron chi connectivity index (χ0n) is 16.6. The van der Waals surface area contributed by atoms with Gasteiger partial charge in [0.15, 0.2) is 0 Å². The van der Waals surface area contributed by atoms with Gasteiger partial charge < -0.3 is 0 Å². The lowest BCUT2D eigenvalue weighted by Crippen LogP contribution is -1.95. The maximum absolute atomic E-state index is 14.5. The van der Waals surface area contributed by atoms with Gasteiger partial charge in [-0.1, -0.05) is 37.3 Å². The van der Waals surface area contributed by atoms with Gasteiger partial charge in [-0.25, -0.2) is 17.6 Å². The maximum Gasteiger partial charge on any atom is 0.142 e. The molecule has 0 atom stereocenters. The summed E-state index contributed by atoms with van der Waals surface area (Å²) in [5.41, 5.74) is 1.30. The number of aryl methyl sites for hydroxylation is 1. The molecule has 0 aromatic heterocycles. The fourth-order valence-electron chi connectivity index (χ4n) is 3.00. The SMILES string of the molecule is CCCCc1ccc(C#Cc2c(F)cc(-c3cc(F)c(SC#N)c(F)c3)cc2F)cc1. The van der Waals surface area contributed by atoms with Gasteiger partial charge in [-0.3, -0.25) is 0 Å². The molecule has 0 bridgehead atoms. The molecule has 0 N–H and O–H groups in total. The Labute approximate surface area is 182 Å². The first kappa shape index (κ1) is 22.5. The van der Waals surface area contributed by atoms with Crippen LogP contribution in [-0.2, 0) is 6.42 Å². The molecule has 3 aromatic rings. The number of nitrogens with zero attached hydrogens (tertiary/aromatic N) is 1. The Kier molecular flexibility index (Phi) is 7.39. The monoisotopic (exact) mass is 439 g/mol. The van der Waals surface area contributed by atoms with Gasteiger partial charge >= 0.3 is 0 Å². The predicted molar refractivity (Wildman–Crippen MR) is 114 cm³/mol. The van der Waals surface area contributed by atoms with E-state index in [1.54, 1.807) is 17.5 Å². The Morgan fingerprint density at radius 2 is 1.35 bits per heavy atom. The highest BCUT2D eigenvalue weighted by Crippen LogP contribution is 2.31. The van der Waals surface area contributed by atoms with Crippen LogP contribution in [0.4, 0.5) is 17.6 Å². The molecule has 3 rings (SSSR count). The summed E-state index contributed by atoms with van der Waals surface area (Å²) in [6.45, 7) is 2.12. The molecule has 0 heterocycles. The minimum Gasteiger partial charge on any atom is -0.206 e. The molecule has 0 aliphatic rings. The van der Waals surface area contributed by atoms with Crippen LogP contribution in [0.5, 0.6) is 0 Å². The van der Waals surface area contributed by atoms with Crippen molar-refractivity contribution in [2.75, 3.05) is 0 Å². The molecule has 1 nitrogen and oxygen atoms in total. The zero-order chi connectivity index (χ0) is 22.4. The number of unbranched alkanes of at least 4 members (excludes halogenated alkanes) is 1. The third-order valence-electron chi connectivity index (χ3n) is 4.63. The van der Waals surface area contributed by atoms with Crippen molar-refractivity contribution < 1.29 is 17.6 Å². The van der Waals surface area contributed by atoms with Crippen molar-refractivity contribution in [1.82, 2.24) is 0 Å². The summed E-state index contributed by atoms with van der Waals surface area (Å²) in [6, 6.07) is 11.3. The van der Waals surface area contributed by atoms with Gasteiger partial charge in [0, 0.05) is 5.56 Å². The Hall–Kier alpha value is -3.22. The number of hydrogen-bond donors (Lipinski definition) is 0. The lowest BCUT2D eigenvalue weighted by molar-refractivity contribution is 0.541. The van der Waals surface area contributed by atoms with Gasteiger partial charge in [-0.05, 0) is 77.7 Å². The third kappa shape index (κ3) is 5.48. The van der Waals surface area contributed by atoms with E-state index in [2.05, 4.69) is 18.8 Å². The van der Waals surface area contributed by atoms with Gasteiger partial charge in [0.25, 0.3) is 0 Å². The number of nitriles is 1. The fourth-order valence-corrected chi connectivity index (χ4v) is 3.40. The number of halogens is 4. The summed E-state index contributed by atoms with van der Waals surface area (Å²) in [4.78, 5) is -0.463. The van der Waals surface area contributed by atoms with Crippen LogP contribution in [-0.4, -0.2) is 0 Å². The zero-order valence-corrected chi connectivity index (χ0v) is 17.4. The van der Waals surface area contributed by atoms with E-state index in [-0.39, 0.29) is 11.1 Å². The Balaban J connectivity index is 1.89. The van der Waals surface area contributed by atoms with Crippen LogP contribution >= 0.6 is 11.8 Å². The molecule has 0 saturated carbocycles. The predicted octanol–water partition coefficient (Wildman–Crippen LogP) is 7.23. The van der Waals surface area contributed by atoms with E-state index in [0.717, 1.165) is 43.5 Å². The molecular weight excluding hydrogens is 422 g/mol. The summed E-state index contributed by atoms with van der Waals surface area (Å²) in [6.07, 6.45) is 3.14. The topological polar surface area (TPSA) is 23.8 Å². The van der Waals surface area contributed by atoms with Crippen LogP contribution in [0.25, 0.3) is 11.1 Å². The molecule has 0 aliphatic carbocycles. The molecular formula is C25H17F4NS. The second-order valence-corrected chi connectivity index (χ2v) is 7.62. The normalized spacial score (nSPS) is 10.3. The minimum absolute atomic E-state index is 0.0351. The average Bonchev–Trinajstić information content (AvgIpc) is 2.74. The molecule has 0 aliphatic heterocycles. The van der Waals surface area contributed by atoms with Gasteiger partial charge in [0.2, 0.25) is 0 Å². The largest absolute Gasteiger partial charge is 0.206 e. The highest BCUT2D eigenvalue weighted by atomic mass is 32.2. The van der Waals surface area contributed by atoms with Crippen molar-refractivity contribution in [3.05, 3.63) is 88.5 Å². The second-order valence-electron chi connectivity index (χ2n) is 6.83. The smallest absolute Gasteiger partial charge is 0.142 e. The lowest BCUT2D eigenvalue weighted by Gasteiger charge is -2.07. The first-order valence-electron chi connectivity index (χ1n) is 9.58. The van der Waals surface area contributed by atoms with Crippen molar-refractivity contribution >= 4 is 11.8 Å². The van der Waals surface area contributed by atoms with Crippen molar-refractivity contribution in [3.8, 4) is 28.4 Å². The molecule has 0 fully saturated rings. The molecule has 0 unspecified atom stereocenters. The van der Waals surface area contributed by atoms with Crippen LogP contribution in [0.1, 0.15) is 36.5 Å². The van der Waals surface area contributed by atoms with Gasteiger partial charge in [0.05, 0.1) is 10.5 Å². The van der Waals surface area contributed by atoms with Crippen LogP contribution in [0.2, 0.25) is 0 Å². The van der Waals surface area contributed by atoms with Crippen LogP contribution in [0.3, 0.4) is 0 Å². The van der Waals surface area contributed by atoms with Crippen molar-refractivity contribution in [3.63, 3.8) is 0 Å². The van der Waals surface area contributed by atoms with Gasteiger partial charge in [-0.15, -0.1) is 0 Å². The number of thioether (sulfide) groups is 1. The number of thiocyanates is 1. The second kappa shape index (κ2) is 10.2. The third-order valence-corrected chi connectivity index (χ3v) is 5.31. The van der Waals surface area contributed by atoms with E-state index < -0.39 is 33.7 Å². The Morgan fingerprint density at radius 3 is 1.87 bits per heavy atom. The molecule has 0 radical (unpaired) electrons. The van der Waals surface area contributed by atoms with Crippen molar-refractivity contribution in [1.29, 1.82) is 5.26 Å². The number of benzene rings is 3. The number of rotatable bonds is 5. The van der Waals surface area contributed by atoms with E-state index in [1.165, 1.54) is 5.56 Å². The van der Waals surface area contributed by atoms with Crippen molar-refractivity contribution in [2.45, 2.75) is 31.1 Å². The molecule has 0 spiro atoms. The number of hydrogen-bond acceptors (Lipinski definition) is 2. The first-order valence-corrected chi connectivity index (χ1v) is 10.4. The fraction of sp³-hybridized carbons (Fsp3) is 0.160. The molecule has 6 heteroatoms. The summed E-state index contributed by atoms with van der Waals surface area (Å²) in [7, 11) is 0. The molecule has 0 saturated heterocycles. The van der Waals surface area contributed by atoms with E-state index in [4.69, 9.17) is 5.26 Å². The van der Waals surface area contributed by atoms with Gasteiger partial charge in [-0.2, -0.15) is 5.26 Å². The molecule has 3 aromatic carbocycles. The maximum atomic E-state index is 14.5. The summed E-state index contributed by atoms with van der Waals surface area (Å²) in [5.74, 6) is 1.42. The van der Waals surface area contributed by atoms with Crippen LogP contribution in [0, 0.1) is 45.8 Å². The van der Waals surface area contributed by atoms with Crippen molar-refractivity contribution in [2.24, 2.45) is 0 Å². The van der Waals surface area contributed by atoms with Gasteiger partial charge in [0.1, 0.15) is 28.7 Å². The van der Waals surface area contributed by atoms with E-state index in [0.29, 0.717) is 17.3 Å². The first-order chi connectivity index (χ1) is 14.9. The molecule has 0 amide bonds. The Morgan fingerprint density at radius 1 is 0.806 bits per heavy atom. The summed E-state index contributed by atoms with van der Waals surface area (Å²) >= 11 is 0.339.